The minimum absolute atomic E-state index is 0.301. The molecule has 7 atom stereocenters. The number of hydrogen-bond donors (Lipinski definition) is 6. The van der Waals surface area contributed by atoms with Crippen LogP contribution in [0, 0.1) is 0 Å². The minimum Gasteiger partial charge on any atom is -0.465 e. The van der Waals surface area contributed by atoms with Crippen LogP contribution in [0.3, 0.4) is 0 Å². The molecular weight excluding hydrogens is 384 g/mol. The maximum absolute atomic E-state index is 12.6. The summed E-state index contributed by atoms with van der Waals surface area (Å²) in [6.07, 6.45) is -7.56. The quantitative estimate of drug-likeness (QED) is 0.329. The molecule has 0 bridgehead atoms. The lowest BCUT2D eigenvalue weighted by atomic mass is 9.95. The first-order chi connectivity index (χ1) is 13.7. The molecule has 1 heterocycles. The number of benzene rings is 1. The second-order valence-corrected chi connectivity index (χ2v) is 7.18. The molecule has 0 saturated carbocycles. The standard InChI is InChI=1S/C19H28N2O8/c1-10(8-12-6-4-3-5-7-12)20-17(25)11(2)21(19(27)28)14-16(24)15(23)13(9-22)29-18(14)26/h3-7,10-11,13-16,18,22-24,26H,8-9H2,1-2H3,(H,20,25)(H,27,28)/t10-,11+,13+,14+,15+,16+,18?/m0/s1. The highest BCUT2D eigenvalue weighted by atomic mass is 16.6. The van der Waals surface area contributed by atoms with Gasteiger partial charge in [0.05, 0.1) is 6.61 Å². The van der Waals surface area contributed by atoms with Crippen LogP contribution in [0.4, 0.5) is 4.79 Å². The average molecular weight is 412 g/mol. The van der Waals surface area contributed by atoms with E-state index in [-0.39, 0.29) is 6.04 Å². The number of amides is 2. The number of carbonyl (C=O) groups is 2. The molecule has 1 aliphatic rings. The Morgan fingerprint density at radius 2 is 1.76 bits per heavy atom. The van der Waals surface area contributed by atoms with Crippen LogP contribution in [0.1, 0.15) is 19.4 Å². The normalized spacial score (nSPS) is 29.0. The third-order valence-corrected chi connectivity index (χ3v) is 4.98. The van der Waals surface area contributed by atoms with Crippen LogP contribution in [0.25, 0.3) is 0 Å². The lowest BCUT2D eigenvalue weighted by Gasteiger charge is -2.45. The van der Waals surface area contributed by atoms with Crippen LogP contribution in [0.2, 0.25) is 0 Å². The van der Waals surface area contributed by atoms with E-state index in [0.29, 0.717) is 11.3 Å². The summed E-state index contributed by atoms with van der Waals surface area (Å²) in [5.41, 5.74) is 0.993. The number of aliphatic hydroxyl groups is 4. The minimum atomic E-state index is -1.83. The Hall–Kier alpha value is -2.24. The molecule has 1 fully saturated rings. The van der Waals surface area contributed by atoms with Gasteiger partial charge in [-0.15, -0.1) is 0 Å². The van der Waals surface area contributed by atoms with Crippen molar-refractivity contribution in [2.45, 2.75) is 63.0 Å². The fraction of sp³-hybridized carbons (Fsp3) is 0.579. The molecule has 0 aliphatic carbocycles. The summed E-state index contributed by atoms with van der Waals surface area (Å²) in [7, 11) is 0. The smallest absolute Gasteiger partial charge is 0.408 e. The van der Waals surface area contributed by atoms with E-state index in [0.717, 1.165) is 5.56 Å². The highest BCUT2D eigenvalue weighted by molar-refractivity contribution is 5.85. The van der Waals surface area contributed by atoms with Crippen LogP contribution in [-0.2, 0) is 16.0 Å². The maximum atomic E-state index is 12.6. The number of aliphatic hydroxyl groups excluding tert-OH is 4. The molecule has 0 spiro atoms. The molecule has 6 N–H and O–H groups in total. The topological polar surface area (TPSA) is 160 Å². The molecule has 1 saturated heterocycles. The van der Waals surface area contributed by atoms with Crippen molar-refractivity contribution >= 4 is 12.0 Å². The largest absolute Gasteiger partial charge is 0.465 e. The van der Waals surface area contributed by atoms with Gasteiger partial charge in [0.25, 0.3) is 0 Å². The fourth-order valence-corrected chi connectivity index (χ4v) is 3.44. The zero-order valence-corrected chi connectivity index (χ0v) is 16.3. The second-order valence-electron chi connectivity index (χ2n) is 7.18. The Kier molecular flexibility index (Phi) is 7.94. The van der Waals surface area contributed by atoms with Crippen molar-refractivity contribution in [2.24, 2.45) is 0 Å². The van der Waals surface area contributed by atoms with Crippen LogP contribution in [0.15, 0.2) is 30.3 Å². The number of carboxylic acid groups (broad SMARTS) is 1. The van der Waals surface area contributed by atoms with Gasteiger partial charge < -0.3 is 35.6 Å². The first kappa shape index (κ1) is 23.0. The van der Waals surface area contributed by atoms with E-state index in [1.165, 1.54) is 6.92 Å². The monoisotopic (exact) mass is 412 g/mol. The van der Waals surface area contributed by atoms with Gasteiger partial charge in [-0.3, -0.25) is 9.69 Å². The summed E-state index contributed by atoms with van der Waals surface area (Å²) < 4.78 is 5.01. The van der Waals surface area contributed by atoms with Gasteiger partial charge >= 0.3 is 6.09 Å². The first-order valence-electron chi connectivity index (χ1n) is 9.33. The average Bonchev–Trinajstić information content (AvgIpc) is 2.67. The number of nitrogens with zero attached hydrogens (tertiary/aromatic N) is 1. The summed E-state index contributed by atoms with van der Waals surface area (Å²) in [6, 6.07) is 6.21. The molecule has 0 radical (unpaired) electrons. The third-order valence-electron chi connectivity index (χ3n) is 4.98. The van der Waals surface area contributed by atoms with Gasteiger partial charge in [0.1, 0.15) is 30.4 Å². The predicted octanol–water partition coefficient (Wildman–Crippen LogP) is -1.10. The number of rotatable bonds is 7. The summed E-state index contributed by atoms with van der Waals surface area (Å²) in [6.45, 7) is 2.40. The Morgan fingerprint density at radius 1 is 1.14 bits per heavy atom. The van der Waals surface area contributed by atoms with Crippen molar-refractivity contribution in [1.29, 1.82) is 0 Å². The van der Waals surface area contributed by atoms with Gasteiger partial charge in [-0.2, -0.15) is 0 Å². The number of hydrogen-bond acceptors (Lipinski definition) is 7. The Labute approximate surface area is 168 Å². The molecule has 2 rings (SSSR count). The van der Waals surface area contributed by atoms with E-state index in [1.807, 2.05) is 30.3 Å². The zero-order chi connectivity index (χ0) is 21.7. The van der Waals surface area contributed by atoms with Crippen LogP contribution in [-0.4, -0.2) is 91.8 Å². The van der Waals surface area contributed by atoms with E-state index in [2.05, 4.69) is 5.32 Å². The molecule has 10 nitrogen and oxygen atoms in total. The number of carbonyl (C=O) groups excluding carboxylic acids is 1. The lowest BCUT2D eigenvalue weighted by Crippen LogP contribution is -2.68. The highest BCUT2D eigenvalue weighted by Crippen LogP contribution is 2.26. The molecule has 1 aromatic carbocycles. The van der Waals surface area contributed by atoms with Crippen molar-refractivity contribution in [3.8, 4) is 0 Å². The summed E-state index contributed by atoms with van der Waals surface area (Å²) in [5, 5.41) is 51.9. The molecule has 29 heavy (non-hydrogen) atoms. The highest BCUT2D eigenvalue weighted by Gasteiger charge is 2.50. The lowest BCUT2D eigenvalue weighted by molar-refractivity contribution is -0.270. The van der Waals surface area contributed by atoms with Gasteiger partial charge in [0.2, 0.25) is 5.91 Å². The second kappa shape index (κ2) is 9.99. The van der Waals surface area contributed by atoms with Crippen molar-refractivity contribution < 1.29 is 39.9 Å². The van der Waals surface area contributed by atoms with Crippen molar-refractivity contribution in [1.82, 2.24) is 10.2 Å². The summed E-state index contributed by atoms with van der Waals surface area (Å²) >= 11 is 0. The fourth-order valence-electron chi connectivity index (χ4n) is 3.44. The van der Waals surface area contributed by atoms with Crippen molar-refractivity contribution in [3.63, 3.8) is 0 Å². The van der Waals surface area contributed by atoms with Gasteiger partial charge in [-0.1, -0.05) is 30.3 Å². The molecule has 2 amide bonds. The van der Waals surface area contributed by atoms with E-state index in [4.69, 9.17) is 9.84 Å². The summed E-state index contributed by atoms with van der Waals surface area (Å²) in [4.78, 5) is 25.0. The molecule has 1 aromatic rings. The van der Waals surface area contributed by atoms with Gasteiger partial charge in [-0.25, -0.2) is 4.79 Å². The van der Waals surface area contributed by atoms with Gasteiger partial charge in [-0.05, 0) is 25.8 Å². The molecular formula is C19H28N2O8. The molecule has 1 unspecified atom stereocenters. The molecule has 10 heteroatoms. The number of ether oxygens (including phenoxy) is 1. The Morgan fingerprint density at radius 3 is 2.31 bits per heavy atom. The molecule has 0 aromatic heterocycles. The van der Waals surface area contributed by atoms with Crippen LogP contribution < -0.4 is 5.32 Å². The Balaban J connectivity index is 2.10. The van der Waals surface area contributed by atoms with E-state index >= 15 is 0 Å². The van der Waals surface area contributed by atoms with Crippen LogP contribution in [0.5, 0.6) is 0 Å². The molecule has 162 valence electrons. The summed E-state index contributed by atoms with van der Waals surface area (Å²) in [5.74, 6) is -0.631. The maximum Gasteiger partial charge on any atom is 0.408 e. The zero-order valence-electron chi connectivity index (χ0n) is 16.3. The van der Waals surface area contributed by atoms with Crippen molar-refractivity contribution in [2.75, 3.05) is 6.61 Å². The third kappa shape index (κ3) is 5.43. The van der Waals surface area contributed by atoms with Crippen LogP contribution >= 0.6 is 0 Å². The Bertz CT molecular complexity index is 688. The first-order valence-corrected chi connectivity index (χ1v) is 9.33. The van der Waals surface area contributed by atoms with E-state index < -0.39 is 55.3 Å². The van der Waals surface area contributed by atoms with Gasteiger partial charge in [0.15, 0.2) is 6.29 Å². The van der Waals surface area contributed by atoms with Gasteiger partial charge in [0, 0.05) is 6.04 Å². The van der Waals surface area contributed by atoms with E-state index in [9.17, 15) is 30.0 Å². The van der Waals surface area contributed by atoms with E-state index in [1.54, 1.807) is 6.92 Å². The number of nitrogens with one attached hydrogen (secondary N) is 1. The SMILES string of the molecule is C[C@H](C(=O)N[C@@H](C)Cc1ccccc1)N(C(=O)O)[C@H]1C(O)O[C@H](CO)[C@@H](O)[C@@H]1O. The predicted molar refractivity (Wildman–Crippen MR) is 101 cm³/mol. The molecule has 1 aliphatic heterocycles. The van der Waals surface area contributed by atoms with Crippen molar-refractivity contribution in [3.05, 3.63) is 35.9 Å².